The van der Waals surface area contributed by atoms with Gasteiger partial charge < -0.3 is 5.11 Å². The van der Waals surface area contributed by atoms with Gasteiger partial charge in [-0.3, -0.25) is 0 Å². The minimum absolute atomic E-state index is 0.0203. The molecule has 0 spiro atoms. The van der Waals surface area contributed by atoms with E-state index in [2.05, 4.69) is 34.5 Å². The van der Waals surface area contributed by atoms with Crippen LogP contribution in [0, 0.1) is 5.92 Å². The van der Waals surface area contributed by atoms with Crippen molar-refractivity contribution in [3.8, 4) is 0 Å². The SMILES string of the molecule is CCCCC(O)(CC(Br)CC)[C@@H](NS(=O)(=O)c1ccccc1)[C@@H](C)CC. The zero-order valence-corrected chi connectivity index (χ0v) is 18.8. The second-order valence-electron chi connectivity index (χ2n) is 7.21. The van der Waals surface area contributed by atoms with E-state index in [0.29, 0.717) is 12.8 Å². The summed E-state index contributed by atoms with van der Waals surface area (Å²) in [7, 11) is -3.69. The van der Waals surface area contributed by atoms with Gasteiger partial charge in [0.1, 0.15) is 0 Å². The summed E-state index contributed by atoms with van der Waals surface area (Å²) in [6, 6.07) is 7.85. The van der Waals surface area contributed by atoms with Gasteiger partial charge in [0.15, 0.2) is 0 Å². The maximum Gasteiger partial charge on any atom is 0.240 e. The van der Waals surface area contributed by atoms with Gasteiger partial charge >= 0.3 is 0 Å². The molecule has 1 aromatic carbocycles. The maximum atomic E-state index is 12.9. The Kier molecular flexibility index (Phi) is 9.80. The summed E-state index contributed by atoms with van der Waals surface area (Å²) < 4.78 is 28.7. The van der Waals surface area contributed by atoms with Gasteiger partial charge in [-0.2, -0.15) is 0 Å². The van der Waals surface area contributed by atoms with Gasteiger partial charge in [0.2, 0.25) is 10.0 Å². The van der Waals surface area contributed by atoms with Crippen LogP contribution in [0.3, 0.4) is 0 Å². The first-order valence-electron chi connectivity index (χ1n) is 9.64. The first-order chi connectivity index (χ1) is 12.2. The monoisotopic (exact) mass is 447 g/mol. The van der Waals surface area contributed by atoms with Gasteiger partial charge in [-0.15, -0.1) is 0 Å². The summed E-state index contributed by atoms with van der Waals surface area (Å²) in [4.78, 5) is 0.383. The molecule has 1 rings (SSSR count). The molecule has 0 aliphatic carbocycles. The first-order valence-corrected chi connectivity index (χ1v) is 12.0. The Bertz CT molecular complexity index is 623. The molecule has 0 radical (unpaired) electrons. The first kappa shape index (κ1) is 23.6. The van der Waals surface area contributed by atoms with E-state index in [1.165, 1.54) is 0 Å². The summed E-state index contributed by atoms with van der Waals surface area (Å²) >= 11 is 3.63. The summed E-state index contributed by atoms with van der Waals surface area (Å²) in [6.07, 6.45) is 4.59. The van der Waals surface area contributed by atoms with Crippen LogP contribution < -0.4 is 4.72 Å². The van der Waals surface area contributed by atoms with Crippen molar-refractivity contribution >= 4 is 26.0 Å². The lowest BCUT2D eigenvalue weighted by molar-refractivity contribution is -0.0257. The molecule has 0 aliphatic rings. The Morgan fingerprint density at radius 2 is 1.77 bits per heavy atom. The molecule has 0 aromatic heterocycles. The fraction of sp³-hybridized carbons (Fsp3) is 0.700. The lowest BCUT2D eigenvalue weighted by atomic mass is 9.78. The van der Waals surface area contributed by atoms with E-state index in [-0.39, 0.29) is 15.6 Å². The third-order valence-corrected chi connectivity index (χ3v) is 7.54. The van der Waals surface area contributed by atoms with Gasteiger partial charge in [0, 0.05) is 4.83 Å². The number of nitrogens with one attached hydrogen (secondary N) is 1. The number of halogens is 1. The van der Waals surface area contributed by atoms with Crippen molar-refractivity contribution in [1.82, 2.24) is 4.72 Å². The fourth-order valence-corrected chi connectivity index (χ4v) is 5.22. The van der Waals surface area contributed by atoms with Crippen molar-refractivity contribution in [2.24, 2.45) is 5.92 Å². The van der Waals surface area contributed by atoms with Crippen LogP contribution in [0.15, 0.2) is 35.2 Å². The van der Waals surface area contributed by atoms with Crippen LogP contribution in [0.2, 0.25) is 0 Å². The van der Waals surface area contributed by atoms with Crippen molar-refractivity contribution in [3.63, 3.8) is 0 Å². The molecule has 6 heteroatoms. The molecule has 4 nitrogen and oxygen atoms in total. The summed E-state index contributed by atoms with van der Waals surface area (Å²) in [5, 5.41) is 11.6. The van der Waals surface area contributed by atoms with Gasteiger partial charge in [0.05, 0.1) is 16.5 Å². The molecule has 0 aliphatic heterocycles. The third-order valence-electron chi connectivity index (χ3n) is 5.11. The number of hydrogen-bond acceptors (Lipinski definition) is 3. The molecular weight excluding hydrogens is 414 g/mol. The van der Waals surface area contributed by atoms with Crippen LogP contribution in [0.4, 0.5) is 0 Å². The Balaban J connectivity index is 3.22. The molecule has 0 bridgehead atoms. The second-order valence-corrected chi connectivity index (χ2v) is 10.2. The van der Waals surface area contributed by atoms with Crippen LogP contribution in [-0.2, 0) is 10.0 Å². The summed E-state index contributed by atoms with van der Waals surface area (Å²) in [5.74, 6) is 0.0203. The van der Waals surface area contributed by atoms with Crippen LogP contribution in [0.1, 0.15) is 66.2 Å². The summed E-state index contributed by atoms with van der Waals surface area (Å²) in [5.41, 5.74) is -1.09. The molecule has 2 unspecified atom stereocenters. The highest BCUT2D eigenvalue weighted by molar-refractivity contribution is 9.09. The average Bonchev–Trinajstić information content (AvgIpc) is 2.64. The van der Waals surface area contributed by atoms with E-state index in [1.54, 1.807) is 30.3 Å². The van der Waals surface area contributed by atoms with Crippen LogP contribution in [0.5, 0.6) is 0 Å². The topological polar surface area (TPSA) is 66.4 Å². The van der Waals surface area contributed by atoms with E-state index in [0.717, 1.165) is 25.7 Å². The van der Waals surface area contributed by atoms with Gasteiger partial charge in [-0.25, -0.2) is 13.1 Å². The molecule has 0 fully saturated rings. The zero-order valence-electron chi connectivity index (χ0n) is 16.4. The minimum Gasteiger partial charge on any atom is -0.388 e. The molecule has 26 heavy (non-hydrogen) atoms. The Morgan fingerprint density at radius 3 is 2.27 bits per heavy atom. The van der Waals surface area contributed by atoms with Crippen LogP contribution in [-0.4, -0.2) is 30.0 Å². The number of aliphatic hydroxyl groups is 1. The number of alkyl halides is 1. The van der Waals surface area contributed by atoms with E-state index in [1.807, 2.05) is 13.8 Å². The minimum atomic E-state index is -3.69. The number of rotatable bonds is 12. The highest BCUT2D eigenvalue weighted by Gasteiger charge is 2.42. The van der Waals surface area contributed by atoms with Crippen molar-refractivity contribution in [1.29, 1.82) is 0 Å². The Hall–Kier alpha value is -0.430. The van der Waals surface area contributed by atoms with Crippen molar-refractivity contribution < 1.29 is 13.5 Å². The molecule has 0 heterocycles. The predicted octanol–water partition coefficient (Wildman–Crippen LogP) is 4.86. The number of benzene rings is 1. The smallest absolute Gasteiger partial charge is 0.240 e. The Labute approximate surface area is 168 Å². The lowest BCUT2D eigenvalue weighted by Gasteiger charge is -2.41. The molecule has 0 saturated carbocycles. The van der Waals surface area contributed by atoms with Gasteiger partial charge in [-0.05, 0) is 37.3 Å². The highest BCUT2D eigenvalue weighted by atomic mass is 79.9. The predicted molar refractivity (Wildman–Crippen MR) is 112 cm³/mol. The average molecular weight is 448 g/mol. The van der Waals surface area contributed by atoms with Crippen LogP contribution in [0.25, 0.3) is 0 Å². The molecule has 150 valence electrons. The molecule has 4 atom stereocenters. The lowest BCUT2D eigenvalue weighted by Crippen LogP contribution is -2.56. The molecule has 0 saturated heterocycles. The third kappa shape index (κ3) is 6.63. The standard InChI is InChI=1S/C20H34BrNO3S/c1-5-8-14-20(23,15-17(21)7-3)19(16(4)6-2)22-26(24,25)18-12-10-9-11-13-18/h9-13,16-17,19,22-23H,5-8,14-15H2,1-4H3/t16-,17?,19-,20?/m0/s1. The van der Waals surface area contributed by atoms with Crippen molar-refractivity contribution in [2.75, 3.05) is 0 Å². The largest absolute Gasteiger partial charge is 0.388 e. The molecule has 1 aromatic rings. The van der Waals surface area contributed by atoms with E-state index in [4.69, 9.17) is 0 Å². The maximum absolute atomic E-state index is 12.9. The quantitative estimate of drug-likeness (QED) is 0.449. The van der Waals surface area contributed by atoms with Crippen molar-refractivity contribution in [3.05, 3.63) is 30.3 Å². The summed E-state index contributed by atoms with van der Waals surface area (Å²) in [6.45, 7) is 8.18. The second kappa shape index (κ2) is 10.8. The highest BCUT2D eigenvalue weighted by Crippen LogP contribution is 2.33. The normalized spacial score (nSPS) is 18.1. The number of hydrogen-bond donors (Lipinski definition) is 2. The van der Waals surface area contributed by atoms with Crippen LogP contribution >= 0.6 is 15.9 Å². The molecule has 0 amide bonds. The Morgan fingerprint density at radius 1 is 1.15 bits per heavy atom. The van der Waals surface area contributed by atoms with E-state index < -0.39 is 21.7 Å². The van der Waals surface area contributed by atoms with Gasteiger partial charge in [-0.1, -0.05) is 81.1 Å². The zero-order chi connectivity index (χ0) is 19.8. The van der Waals surface area contributed by atoms with E-state index in [9.17, 15) is 13.5 Å². The van der Waals surface area contributed by atoms with E-state index >= 15 is 0 Å². The molecule has 2 N–H and O–H groups in total. The number of sulfonamides is 1. The van der Waals surface area contributed by atoms with Crippen molar-refractivity contribution in [2.45, 2.75) is 87.6 Å². The number of unbranched alkanes of at least 4 members (excludes halogenated alkanes) is 1. The van der Waals surface area contributed by atoms with Gasteiger partial charge in [0.25, 0.3) is 0 Å². The fourth-order valence-electron chi connectivity index (χ4n) is 3.22. The molecular formula is C20H34BrNO3S.